The lowest BCUT2D eigenvalue weighted by Crippen LogP contribution is -2.05. The fourth-order valence-electron chi connectivity index (χ4n) is 7.56. The summed E-state index contributed by atoms with van der Waals surface area (Å²) in [6, 6.07) is 25.4. The largest absolute Gasteiger partial charge is 0.354 e. The predicted molar refractivity (Wildman–Crippen MR) is 212 cm³/mol. The second-order valence-electron chi connectivity index (χ2n) is 13.8. The molecule has 4 nitrogen and oxygen atoms in total. The van der Waals surface area contributed by atoms with Crippen LogP contribution in [0.1, 0.15) is 11.4 Å². The molecule has 0 saturated carbocycles. The first kappa shape index (κ1) is 37.2. The number of rotatable bonds is 4. The maximum Gasteiger partial charge on any atom is 0.200 e. The van der Waals surface area contributed by atoms with Crippen LogP contribution in [0.5, 0.6) is 0 Å². The highest BCUT2D eigenvalue weighted by Crippen LogP contribution is 2.41. The number of hydrogen-bond donors (Lipinski definition) is 3. The maximum atomic E-state index is 15.7. The Hall–Kier alpha value is -7.13. The van der Waals surface area contributed by atoms with Gasteiger partial charge >= 0.3 is 0 Å². The van der Waals surface area contributed by atoms with Crippen LogP contribution in [0, 0.1) is 58.2 Å². The molecule has 8 bridgehead atoms. The Morgan fingerprint density at radius 1 is 0.367 bits per heavy atom. The van der Waals surface area contributed by atoms with Crippen molar-refractivity contribution in [3.8, 4) is 43.8 Å². The number of thiophene rings is 1. The Kier molecular flexibility index (Phi) is 8.50. The third-order valence-electron chi connectivity index (χ3n) is 10.4. The number of halogens is 10. The minimum atomic E-state index is -2.35. The molecule has 1 aliphatic heterocycles. The van der Waals surface area contributed by atoms with E-state index in [-0.39, 0.29) is 44.5 Å². The van der Waals surface area contributed by atoms with Crippen LogP contribution in [0.2, 0.25) is 0 Å². The molecule has 5 aromatic heterocycles. The molecular formula is C45H20F10N4S. The van der Waals surface area contributed by atoms with Gasteiger partial charge in [0.2, 0.25) is 11.6 Å². The van der Waals surface area contributed by atoms with Crippen LogP contribution in [0.15, 0.2) is 91.0 Å². The Labute approximate surface area is 334 Å². The summed E-state index contributed by atoms with van der Waals surface area (Å²) in [6.07, 6.45) is 2.60. The average molecular weight is 839 g/mol. The van der Waals surface area contributed by atoms with Gasteiger partial charge in [-0.15, -0.1) is 11.3 Å². The molecule has 9 aromatic rings. The molecule has 4 aromatic carbocycles. The van der Waals surface area contributed by atoms with E-state index in [1.54, 1.807) is 23.5 Å². The molecule has 10 rings (SSSR count). The molecular weight excluding hydrogens is 819 g/mol. The van der Waals surface area contributed by atoms with Crippen molar-refractivity contribution in [2.45, 2.75) is 0 Å². The van der Waals surface area contributed by atoms with Gasteiger partial charge in [-0.2, -0.15) is 0 Å². The van der Waals surface area contributed by atoms with Crippen molar-refractivity contribution < 1.29 is 43.9 Å². The first-order valence-electron chi connectivity index (χ1n) is 17.9. The minimum absolute atomic E-state index is 0.0224. The highest BCUT2D eigenvalue weighted by Gasteiger charge is 2.31. The summed E-state index contributed by atoms with van der Waals surface area (Å²) in [5.41, 5.74) is -1.82. The maximum absolute atomic E-state index is 15.7. The van der Waals surface area contributed by atoms with Gasteiger partial charge in [-0.05, 0) is 77.2 Å². The third kappa shape index (κ3) is 5.63. The fraction of sp³-hybridized carbons (Fsp3) is 0. The van der Waals surface area contributed by atoms with E-state index in [4.69, 9.17) is 0 Å². The Morgan fingerprint density at radius 3 is 1.33 bits per heavy atom. The van der Waals surface area contributed by atoms with E-state index >= 15 is 17.6 Å². The van der Waals surface area contributed by atoms with E-state index in [1.807, 2.05) is 42.5 Å². The molecule has 0 spiro atoms. The van der Waals surface area contributed by atoms with Gasteiger partial charge in [0.15, 0.2) is 46.5 Å². The molecule has 60 heavy (non-hydrogen) atoms. The molecule has 0 fully saturated rings. The van der Waals surface area contributed by atoms with Crippen LogP contribution < -0.4 is 0 Å². The smallest absolute Gasteiger partial charge is 0.200 e. The molecule has 6 heterocycles. The lowest BCUT2D eigenvalue weighted by atomic mass is 10.0. The monoisotopic (exact) mass is 838 g/mol. The number of benzene rings is 4. The van der Waals surface area contributed by atoms with Gasteiger partial charge in [0.05, 0.1) is 28.0 Å². The summed E-state index contributed by atoms with van der Waals surface area (Å²) in [5.74, 6) is -21.8. The van der Waals surface area contributed by atoms with E-state index in [1.165, 1.54) is 48.6 Å². The van der Waals surface area contributed by atoms with Gasteiger partial charge < -0.3 is 15.0 Å². The molecule has 0 saturated heterocycles. The molecule has 0 radical (unpaired) electrons. The van der Waals surface area contributed by atoms with Crippen LogP contribution in [0.25, 0.3) is 99.2 Å². The normalized spacial score (nSPS) is 12.1. The second-order valence-corrected chi connectivity index (χ2v) is 14.9. The first-order valence-corrected chi connectivity index (χ1v) is 18.7. The number of H-pyrrole nitrogens is 3. The zero-order valence-electron chi connectivity index (χ0n) is 30.0. The molecule has 0 amide bonds. The van der Waals surface area contributed by atoms with Gasteiger partial charge in [-0.25, -0.2) is 48.9 Å². The van der Waals surface area contributed by atoms with Crippen LogP contribution in [-0.2, 0) is 0 Å². The fourth-order valence-corrected chi connectivity index (χ4v) is 8.63. The number of nitrogens with one attached hydrogen (secondary N) is 3. The Balaban J connectivity index is 1.34. The highest BCUT2D eigenvalue weighted by atomic mass is 32.1. The summed E-state index contributed by atoms with van der Waals surface area (Å²) in [4.78, 5) is 14.4. The van der Waals surface area contributed by atoms with E-state index < -0.39 is 80.4 Å². The Bertz CT molecular complexity index is 3360. The van der Waals surface area contributed by atoms with Crippen molar-refractivity contribution in [1.82, 2.24) is 19.9 Å². The summed E-state index contributed by atoms with van der Waals surface area (Å²) >= 11 is 1.57. The van der Waals surface area contributed by atoms with Crippen molar-refractivity contribution in [2.75, 3.05) is 0 Å². The van der Waals surface area contributed by atoms with Crippen molar-refractivity contribution in [2.24, 2.45) is 0 Å². The molecule has 0 unspecified atom stereocenters. The summed E-state index contributed by atoms with van der Waals surface area (Å²) < 4.78 is 152. The van der Waals surface area contributed by atoms with Crippen molar-refractivity contribution in [3.63, 3.8) is 0 Å². The zero-order chi connectivity index (χ0) is 41.7. The van der Waals surface area contributed by atoms with Crippen LogP contribution >= 0.6 is 11.3 Å². The van der Waals surface area contributed by atoms with Crippen LogP contribution in [-0.4, -0.2) is 19.9 Å². The third-order valence-corrected chi connectivity index (χ3v) is 11.5. The van der Waals surface area contributed by atoms with Crippen molar-refractivity contribution in [3.05, 3.63) is 161 Å². The van der Waals surface area contributed by atoms with Gasteiger partial charge in [-0.1, -0.05) is 42.5 Å². The molecule has 3 N–H and O–H groups in total. The quantitative estimate of drug-likeness (QED) is 0.0923. The van der Waals surface area contributed by atoms with Gasteiger partial charge in [0, 0.05) is 53.9 Å². The van der Waals surface area contributed by atoms with Gasteiger partial charge in [-0.3, -0.25) is 0 Å². The molecule has 0 atom stereocenters. The first-order chi connectivity index (χ1) is 28.9. The zero-order valence-corrected chi connectivity index (χ0v) is 30.8. The lowest BCUT2D eigenvalue weighted by Gasteiger charge is -2.10. The summed E-state index contributed by atoms with van der Waals surface area (Å²) in [7, 11) is 0. The number of aromatic amines is 3. The van der Waals surface area contributed by atoms with Crippen LogP contribution in [0.3, 0.4) is 0 Å². The lowest BCUT2D eigenvalue weighted by molar-refractivity contribution is 0.381. The highest BCUT2D eigenvalue weighted by molar-refractivity contribution is 7.22. The van der Waals surface area contributed by atoms with E-state index in [9.17, 15) is 26.3 Å². The molecule has 0 aliphatic carbocycles. The number of nitrogens with zero attached hydrogens (tertiary/aromatic N) is 1. The minimum Gasteiger partial charge on any atom is -0.354 e. The van der Waals surface area contributed by atoms with E-state index in [0.717, 1.165) is 20.5 Å². The number of hydrogen-bond acceptors (Lipinski definition) is 2. The average Bonchev–Trinajstić information content (AvgIpc) is 4.12. The van der Waals surface area contributed by atoms with Gasteiger partial charge in [0.25, 0.3) is 0 Å². The van der Waals surface area contributed by atoms with E-state index in [0.29, 0.717) is 11.1 Å². The summed E-state index contributed by atoms with van der Waals surface area (Å²) in [6.45, 7) is 0. The second kappa shape index (κ2) is 13.7. The standard InChI is InChI=1S/C45H20F10N4S/c46-36-34(37(47)41(51)44(54)40(36)50)32-25-11-9-21(56-25)22-10-12-26(57-22)33(35-38(48)42(52)45(55)43(53)39(35)49)28-16-14-24(59-28)31(23-13-15-27(32)58-23)19-7-5-18(6-8-19)30-17-20-3-1-2-4-29(20)60-30/h1-17,56,58-59H. The number of aromatic nitrogens is 4. The van der Waals surface area contributed by atoms with E-state index in [2.05, 4.69) is 19.9 Å². The molecule has 1 aliphatic rings. The van der Waals surface area contributed by atoms with Gasteiger partial charge in [0.1, 0.15) is 0 Å². The Morgan fingerprint density at radius 2 is 0.783 bits per heavy atom. The SMILES string of the molecule is Fc1c(F)c(F)c(-c2c3nc(c4ccc([nH]4)c(-c4c(F)c(F)c(F)c(F)c4F)c4ccc([nH]4)c(-c4ccc(-c5cc6ccccc6s5)cc4)c4ccc2[nH]4)C=C3)c(F)c1F. The molecule has 296 valence electrons. The van der Waals surface area contributed by atoms with Crippen molar-refractivity contribution in [1.29, 1.82) is 0 Å². The topological polar surface area (TPSA) is 60.3 Å². The van der Waals surface area contributed by atoms with Crippen LogP contribution in [0.4, 0.5) is 43.9 Å². The molecule has 15 heteroatoms. The number of fused-ring (bicyclic) bond motifs is 10. The van der Waals surface area contributed by atoms with Crippen molar-refractivity contribution >= 4 is 66.7 Å². The predicted octanol–water partition coefficient (Wildman–Crippen LogP) is 14.0. The summed E-state index contributed by atoms with van der Waals surface area (Å²) in [5, 5.41) is 1.04.